The minimum absolute atomic E-state index is 0.436. The first kappa shape index (κ1) is 17.4. The topological polar surface area (TPSA) is 6.48 Å². The van der Waals surface area contributed by atoms with Crippen LogP contribution < -0.4 is 0 Å². The number of hydrogen-bond donors (Lipinski definition) is 0. The molecule has 3 aliphatic rings. The monoisotopic (exact) mass is 342 g/mol. The molecular formula is C18H34N2S2. The second kappa shape index (κ2) is 7.25. The van der Waals surface area contributed by atoms with Crippen LogP contribution in [0, 0.1) is 10.8 Å². The molecule has 3 rings (SSSR count). The molecule has 0 N–H and O–H groups in total. The highest BCUT2D eigenvalue weighted by Gasteiger charge is 2.43. The Hall–Kier alpha value is 0.620. The average molecular weight is 343 g/mol. The Labute approximate surface area is 146 Å². The fourth-order valence-corrected chi connectivity index (χ4v) is 7.17. The Morgan fingerprint density at radius 3 is 2.41 bits per heavy atom. The minimum Gasteiger partial charge on any atom is -0.302 e. The van der Waals surface area contributed by atoms with Gasteiger partial charge >= 0.3 is 0 Å². The first-order valence-corrected chi connectivity index (χ1v) is 11.4. The van der Waals surface area contributed by atoms with Gasteiger partial charge in [0, 0.05) is 48.7 Å². The van der Waals surface area contributed by atoms with Crippen LogP contribution in [0.2, 0.25) is 0 Å². The quantitative estimate of drug-likeness (QED) is 0.755. The molecule has 1 spiro atoms. The summed E-state index contributed by atoms with van der Waals surface area (Å²) in [6.07, 6.45) is 4.33. The number of nitrogens with zero attached hydrogens (tertiary/aromatic N) is 2. The Balaban J connectivity index is 1.57. The molecule has 128 valence electrons. The lowest BCUT2D eigenvalue weighted by molar-refractivity contribution is 0.0656. The molecular weight excluding hydrogens is 308 g/mol. The fourth-order valence-electron chi connectivity index (χ4n) is 4.55. The summed E-state index contributed by atoms with van der Waals surface area (Å²) >= 11 is 4.36. The van der Waals surface area contributed by atoms with E-state index in [-0.39, 0.29) is 0 Å². The van der Waals surface area contributed by atoms with Crippen LogP contribution in [-0.4, -0.2) is 71.6 Å². The van der Waals surface area contributed by atoms with E-state index in [0.29, 0.717) is 10.8 Å². The summed E-state index contributed by atoms with van der Waals surface area (Å²) in [5.74, 6) is 5.46. The van der Waals surface area contributed by atoms with Crippen molar-refractivity contribution < 1.29 is 0 Å². The van der Waals surface area contributed by atoms with Crippen molar-refractivity contribution in [2.75, 3.05) is 55.7 Å². The standard InChI is InChI=1S/C18H34N2S2/c1-17(2,3)13-19-7-4-5-18(14-19)6-8-20(15-18)16-11-21-9-10-22-12-16/h16H,4-15H2,1-3H3. The van der Waals surface area contributed by atoms with Crippen LogP contribution in [-0.2, 0) is 0 Å². The van der Waals surface area contributed by atoms with Crippen LogP contribution in [0.5, 0.6) is 0 Å². The van der Waals surface area contributed by atoms with Crippen LogP contribution in [0.25, 0.3) is 0 Å². The third-order valence-corrected chi connectivity index (χ3v) is 7.90. The highest BCUT2D eigenvalue weighted by molar-refractivity contribution is 8.03. The summed E-state index contributed by atoms with van der Waals surface area (Å²) in [6, 6.07) is 0.842. The molecule has 0 bridgehead atoms. The predicted octanol–water partition coefficient (Wildman–Crippen LogP) is 3.67. The maximum Gasteiger partial charge on any atom is 0.0277 e. The lowest BCUT2D eigenvalue weighted by Crippen LogP contribution is -2.48. The van der Waals surface area contributed by atoms with Gasteiger partial charge in [-0.1, -0.05) is 20.8 Å². The molecule has 3 saturated heterocycles. The molecule has 0 aromatic carbocycles. The zero-order valence-corrected chi connectivity index (χ0v) is 16.4. The first-order valence-electron chi connectivity index (χ1n) is 9.08. The molecule has 0 radical (unpaired) electrons. The highest BCUT2D eigenvalue weighted by Crippen LogP contribution is 2.41. The maximum atomic E-state index is 2.85. The third-order valence-electron chi connectivity index (χ3n) is 5.42. The van der Waals surface area contributed by atoms with Gasteiger partial charge in [0.2, 0.25) is 0 Å². The minimum atomic E-state index is 0.436. The van der Waals surface area contributed by atoms with Gasteiger partial charge in [-0.3, -0.25) is 4.90 Å². The second-order valence-electron chi connectivity index (χ2n) is 8.90. The van der Waals surface area contributed by atoms with E-state index in [1.54, 1.807) is 0 Å². The summed E-state index contributed by atoms with van der Waals surface area (Å²) in [5, 5.41) is 0. The molecule has 0 aliphatic carbocycles. The molecule has 0 aromatic rings. The number of hydrogen-bond acceptors (Lipinski definition) is 4. The Morgan fingerprint density at radius 1 is 1.00 bits per heavy atom. The van der Waals surface area contributed by atoms with Crippen molar-refractivity contribution in [3.8, 4) is 0 Å². The molecule has 2 nitrogen and oxygen atoms in total. The molecule has 1 atom stereocenters. The summed E-state index contributed by atoms with van der Waals surface area (Å²) < 4.78 is 0. The van der Waals surface area contributed by atoms with Crippen molar-refractivity contribution in [3.63, 3.8) is 0 Å². The zero-order chi connectivity index (χ0) is 15.6. The van der Waals surface area contributed by atoms with Gasteiger partial charge in [-0.2, -0.15) is 23.5 Å². The van der Waals surface area contributed by atoms with E-state index >= 15 is 0 Å². The lowest BCUT2D eigenvalue weighted by atomic mass is 9.78. The number of rotatable bonds is 2. The van der Waals surface area contributed by atoms with Gasteiger partial charge in [0.1, 0.15) is 0 Å². The van der Waals surface area contributed by atoms with Crippen LogP contribution in [0.3, 0.4) is 0 Å². The van der Waals surface area contributed by atoms with Crippen molar-refractivity contribution in [1.82, 2.24) is 9.80 Å². The summed E-state index contributed by atoms with van der Waals surface area (Å²) in [6.45, 7) is 13.8. The van der Waals surface area contributed by atoms with Gasteiger partial charge in [0.05, 0.1) is 0 Å². The molecule has 1 unspecified atom stereocenters. The summed E-state index contributed by atoms with van der Waals surface area (Å²) in [4.78, 5) is 5.62. The number of thioether (sulfide) groups is 2. The maximum absolute atomic E-state index is 2.85. The van der Waals surface area contributed by atoms with Gasteiger partial charge in [-0.05, 0) is 43.2 Å². The molecule has 3 fully saturated rings. The van der Waals surface area contributed by atoms with Gasteiger partial charge in [0.15, 0.2) is 0 Å². The highest BCUT2D eigenvalue weighted by atomic mass is 32.2. The van der Waals surface area contributed by atoms with Crippen molar-refractivity contribution in [2.24, 2.45) is 10.8 Å². The van der Waals surface area contributed by atoms with Crippen molar-refractivity contribution >= 4 is 23.5 Å². The fraction of sp³-hybridized carbons (Fsp3) is 1.00. The molecule has 0 saturated carbocycles. The van der Waals surface area contributed by atoms with Crippen LogP contribution in [0.1, 0.15) is 40.0 Å². The zero-order valence-electron chi connectivity index (χ0n) is 14.8. The molecule has 0 aromatic heterocycles. The molecule has 22 heavy (non-hydrogen) atoms. The first-order chi connectivity index (χ1) is 10.5. The SMILES string of the molecule is CC(C)(C)CN1CCCC2(CCN(C3CSCCSC3)C2)C1. The van der Waals surface area contributed by atoms with Gasteiger partial charge in [-0.25, -0.2) is 0 Å². The summed E-state index contributed by atoms with van der Waals surface area (Å²) in [7, 11) is 0. The van der Waals surface area contributed by atoms with E-state index in [2.05, 4.69) is 54.1 Å². The van der Waals surface area contributed by atoms with E-state index in [0.717, 1.165) is 6.04 Å². The Bertz CT molecular complexity index is 361. The van der Waals surface area contributed by atoms with Crippen molar-refractivity contribution in [3.05, 3.63) is 0 Å². The van der Waals surface area contributed by atoms with Gasteiger partial charge < -0.3 is 4.90 Å². The van der Waals surface area contributed by atoms with Crippen LogP contribution >= 0.6 is 23.5 Å². The lowest BCUT2D eigenvalue weighted by Gasteiger charge is -2.43. The largest absolute Gasteiger partial charge is 0.302 e. The van der Waals surface area contributed by atoms with E-state index in [4.69, 9.17) is 0 Å². The normalized spacial score (nSPS) is 33.4. The average Bonchev–Trinajstić information content (AvgIpc) is 2.67. The third kappa shape index (κ3) is 4.58. The predicted molar refractivity (Wildman–Crippen MR) is 102 cm³/mol. The summed E-state index contributed by atoms with van der Waals surface area (Å²) in [5.41, 5.74) is 1.05. The molecule has 0 amide bonds. The Kier molecular flexibility index (Phi) is 5.74. The number of piperidine rings is 1. The molecule has 4 heteroatoms. The number of likely N-dealkylation sites (tertiary alicyclic amines) is 2. The molecule has 3 heterocycles. The second-order valence-corrected chi connectivity index (χ2v) is 11.2. The molecule has 3 aliphatic heterocycles. The smallest absolute Gasteiger partial charge is 0.0277 e. The van der Waals surface area contributed by atoms with E-state index < -0.39 is 0 Å². The van der Waals surface area contributed by atoms with E-state index in [1.807, 2.05) is 0 Å². The van der Waals surface area contributed by atoms with Crippen molar-refractivity contribution in [1.29, 1.82) is 0 Å². The van der Waals surface area contributed by atoms with Gasteiger partial charge in [-0.15, -0.1) is 0 Å². The Morgan fingerprint density at radius 2 is 1.73 bits per heavy atom. The van der Waals surface area contributed by atoms with E-state index in [1.165, 1.54) is 75.0 Å². The van der Waals surface area contributed by atoms with Crippen molar-refractivity contribution in [2.45, 2.75) is 46.1 Å². The van der Waals surface area contributed by atoms with Crippen LogP contribution in [0.15, 0.2) is 0 Å². The van der Waals surface area contributed by atoms with Gasteiger partial charge in [0.25, 0.3) is 0 Å². The van der Waals surface area contributed by atoms with Crippen LogP contribution in [0.4, 0.5) is 0 Å². The van der Waals surface area contributed by atoms with E-state index in [9.17, 15) is 0 Å².